The summed E-state index contributed by atoms with van der Waals surface area (Å²) in [5.74, 6) is 0.799. The van der Waals surface area contributed by atoms with E-state index in [0.717, 1.165) is 21.8 Å². The first-order valence-electron chi connectivity index (χ1n) is 8.76. The first kappa shape index (κ1) is 17.5. The summed E-state index contributed by atoms with van der Waals surface area (Å²) in [6, 6.07) is 14.1. The summed E-state index contributed by atoms with van der Waals surface area (Å²) in [4.78, 5) is 20.4. The van der Waals surface area contributed by atoms with Gasteiger partial charge in [-0.15, -0.1) is 0 Å². The van der Waals surface area contributed by atoms with E-state index in [4.69, 9.17) is 4.74 Å². The highest BCUT2D eigenvalue weighted by Gasteiger charge is 2.16. The maximum atomic E-state index is 12.9. The normalized spacial score (nSPS) is 14.0. The molecular formula is C21H21N3O2S. The van der Waals surface area contributed by atoms with Crippen LogP contribution in [0.3, 0.4) is 0 Å². The van der Waals surface area contributed by atoms with Crippen LogP contribution < -0.4 is 24.5 Å². The van der Waals surface area contributed by atoms with Crippen LogP contribution in [-0.2, 0) is 6.67 Å². The molecule has 2 heterocycles. The van der Waals surface area contributed by atoms with Crippen LogP contribution >= 0.6 is 11.3 Å². The fourth-order valence-corrected chi connectivity index (χ4v) is 4.22. The molecule has 0 bridgehead atoms. The number of benzene rings is 2. The van der Waals surface area contributed by atoms with Gasteiger partial charge in [0.25, 0.3) is 5.56 Å². The van der Waals surface area contributed by atoms with Gasteiger partial charge in [-0.2, -0.15) is 0 Å². The highest BCUT2D eigenvalue weighted by atomic mass is 32.1. The number of aromatic nitrogens is 1. The largest absolute Gasteiger partial charge is 0.497 e. The third-order valence-electron chi connectivity index (χ3n) is 4.56. The fourth-order valence-electron chi connectivity index (χ4n) is 3.26. The van der Waals surface area contributed by atoms with E-state index in [-0.39, 0.29) is 5.56 Å². The molecule has 138 valence electrons. The Morgan fingerprint density at radius 2 is 1.81 bits per heavy atom. The number of thiazole rings is 1. The van der Waals surface area contributed by atoms with Crippen molar-refractivity contribution in [3.05, 3.63) is 78.8 Å². The molecule has 3 aromatic rings. The fraction of sp³-hybridized carbons (Fsp3) is 0.238. The molecule has 0 spiro atoms. The van der Waals surface area contributed by atoms with Crippen molar-refractivity contribution in [1.82, 2.24) is 4.57 Å². The van der Waals surface area contributed by atoms with Gasteiger partial charge in [0.05, 0.1) is 11.6 Å². The third-order valence-corrected chi connectivity index (χ3v) is 5.61. The van der Waals surface area contributed by atoms with Gasteiger partial charge in [-0.25, -0.2) is 4.99 Å². The van der Waals surface area contributed by atoms with Crippen LogP contribution in [0.1, 0.15) is 16.7 Å². The van der Waals surface area contributed by atoms with Crippen LogP contribution in [0.25, 0.3) is 6.08 Å². The summed E-state index contributed by atoms with van der Waals surface area (Å²) in [6.45, 7) is 5.25. The second-order valence-electron chi connectivity index (χ2n) is 6.73. The van der Waals surface area contributed by atoms with E-state index >= 15 is 0 Å². The zero-order valence-electron chi connectivity index (χ0n) is 15.6. The monoisotopic (exact) mass is 379 g/mol. The average molecular weight is 379 g/mol. The molecule has 5 nitrogen and oxygen atoms in total. The van der Waals surface area contributed by atoms with Crippen LogP contribution in [0.5, 0.6) is 5.75 Å². The molecule has 2 aromatic carbocycles. The molecule has 1 aliphatic heterocycles. The second kappa shape index (κ2) is 7.04. The summed E-state index contributed by atoms with van der Waals surface area (Å²) in [5, 5.41) is 0. The summed E-state index contributed by atoms with van der Waals surface area (Å²) in [6.07, 6.45) is 1.91. The Hall–Kier alpha value is -2.86. The topological polar surface area (TPSA) is 46.8 Å². The first-order chi connectivity index (χ1) is 13.0. The van der Waals surface area contributed by atoms with Gasteiger partial charge in [-0.3, -0.25) is 9.36 Å². The first-order valence-corrected chi connectivity index (χ1v) is 9.58. The Bertz CT molecular complexity index is 1140. The smallest absolute Gasteiger partial charge is 0.271 e. The number of hydrogen-bond acceptors (Lipinski definition) is 5. The van der Waals surface area contributed by atoms with E-state index in [1.165, 1.54) is 22.5 Å². The van der Waals surface area contributed by atoms with Crippen molar-refractivity contribution in [2.24, 2.45) is 4.99 Å². The molecule has 1 aliphatic rings. The highest BCUT2D eigenvalue weighted by molar-refractivity contribution is 7.07. The number of fused-ring (bicyclic) bond motifs is 1. The minimum atomic E-state index is 0.00337. The maximum Gasteiger partial charge on any atom is 0.271 e. The third kappa shape index (κ3) is 3.53. The molecular weight excluding hydrogens is 358 g/mol. The van der Waals surface area contributed by atoms with Crippen LogP contribution in [0.4, 0.5) is 5.69 Å². The second-order valence-corrected chi connectivity index (χ2v) is 7.74. The summed E-state index contributed by atoms with van der Waals surface area (Å²) >= 11 is 1.44. The van der Waals surface area contributed by atoms with Gasteiger partial charge in [0, 0.05) is 5.69 Å². The summed E-state index contributed by atoms with van der Waals surface area (Å²) in [5.41, 5.74) is 4.49. The van der Waals surface area contributed by atoms with Gasteiger partial charge in [0.2, 0.25) is 0 Å². The van der Waals surface area contributed by atoms with Crippen molar-refractivity contribution in [2.45, 2.75) is 20.5 Å². The predicted molar refractivity (Wildman–Crippen MR) is 109 cm³/mol. The molecule has 0 N–H and O–H groups in total. The SMILES string of the molecule is COc1ccc(/C=c2\sc3n(c2=O)CN(c2cc(C)cc(C)c2)CN=3)cc1. The zero-order valence-corrected chi connectivity index (χ0v) is 16.4. The summed E-state index contributed by atoms with van der Waals surface area (Å²) < 4.78 is 7.63. The van der Waals surface area contributed by atoms with Crippen LogP contribution in [0, 0.1) is 13.8 Å². The number of hydrogen-bond donors (Lipinski definition) is 0. The molecule has 0 amide bonds. The molecule has 0 atom stereocenters. The lowest BCUT2D eigenvalue weighted by atomic mass is 10.1. The zero-order chi connectivity index (χ0) is 19.0. The van der Waals surface area contributed by atoms with Gasteiger partial charge in [-0.1, -0.05) is 29.5 Å². The quantitative estimate of drug-likeness (QED) is 0.702. The van der Waals surface area contributed by atoms with Crippen LogP contribution in [0.2, 0.25) is 0 Å². The molecule has 0 unspecified atom stereocenters. The molecule has 27 heavy (non-hydrogen) atoms. The number of ether oxygens (including phenoxy) is 1. The van der Waals surface area contributed by atoms with Gasteiger partial charge < -0.3 is 9.64 Å². The number of aryl methyl sites for hydroxylation is 2. The molecule has 0 aliphatic carbocycles. The Morgan fingerprint density at radius 3 is 2.48 bits per heavy atom. The van der Waals surface area contributed by atoms with E-state index in [2.05, 4.69) is 41.9 Å². The van der Waals surface area contributed by atoms with E-state index in [1.807, 2.05) is 30.3 Å². The van der Waals surface area contributed by atoms with Gasteiger partial charge >= 0.3 is 0 Å². The van der Waals surface area contributed by atoms with Gasteiger partial charge in [0.15, 0.2) is 4.80 Å². The molecule has 6 heteroatoms. The van der Waals surface area contributed by atoms with Crippen molar-refractivity contribution >= 4 is 23.1 Å². The van der Waals surface area contributed by atoms with Crippen molar-refractivity contribution in [3.8, 4) is 5.75 Å². The van der Waals surface area contributed by atoms with Crippen molar-refractivity contribution < 1.29 is 4.74 Å². The van der Waals surface area contributed by atoms with E-state index in [1.54, 1.807) is 11.7 Å². The Kier molecular flexibility index (Phi) is 4.58. The van der Waals surface area contributed by atoms with Crippen LogP contribution in [0.15, 0.2) is 52.3 Å². The Labute approximate surface area is 161 Å². The number of methoxy groups -OCH3 is 1. The lowest BCUT2D eigenvalue weighted by Gasteiger charge is -2.26. The minimum Gasteiger partial charge on any atom is -0.497 e. The number of anilines is 1. The standard InChI is InChI=1S/C21H21N3O2S/c1-14-8-15(2)10-17(9-14)23-12-22-21-24(13-23)20(25)19(27-21)11-16-4-6-18(26-3)7-5-16/h4-11H,12-13H2,1-3H3/b19-11-. The van der Waals surface area contributed by atoms with Gasteiger partial charge in [-0.05, 0) is 60.9 Å². The van der Waals surface area contributed by atoms with Crippen molar-refractivity contribution in [2.75, 3.05) is 18.7 Å². The van der Waals surface area contributed by atoms with Gasteiger partial charge in [0.1, 0.15) is 19.1 Å². The molecule has 0 fully saturated rings. The Balaban J connectivity index is 1.69. The van der Waals surface area contributed by atoms with E-state index in [9.17, 15) is 4.79 Å². The molecule has 0 saturated carbocycles. The molecule has 0 radical (unpaired) electrons. The van der Waals surface area contributed by atoms with Crippen LogP contribution in [-0.4, -0.2) is 18.3 Å². The lowest BCUT2D eigenvalue weighted by molar-refractivity contribution is 0.415. The van der Waals surface area contributed by atoms with E-state index < -0.39 is 0 Å². The maximum absolute atomic E-state index is 12.9. The lowest BCUT2D eigenvalue weighted by Crippen LogP contribution is -2.42. The average Bonchev–Trinajstić information content (AvgIpc) is 2.97. The van der Waals surface area contributed by atoms with E-state index in [0.29, 0.717) is 17.9 Å². The molecule has 0 saturated heterocycles. The predicted octanol–water partition coefficient (Wildman–Crippen LogP) is 2.42. The molecule has 4 rings (SSSR count). The minimum absolute atomic E-state index is 0.00337. The van der Waals surface area contributed by atoms with Crippen molar-refractivity contribution in [1.29, 1.82) is 0 Å². The number of nitrogens with zero attached hydrogens (tertiary/aromatic N) is 3. The Morgan fingerprint density at radius 1 is 1.11 bits per heavy atom. The summed E-state index contributed by atoms with van der Waals surface area (Å²) in [7, 11) is 1.64. The van der Waals surface area contributed by atoms with Crippen molar-refractivity contribution in [3.63, 3.8) is 0 Å². The molecule has 1 aromatic heterocycles. The highest BCUT2D eigenvalue weighted by Crippen LogP contribution is 2.20. The number of rotatable bonds is 3.